The lowest BCUT2D eigenvalue weighted by atomic mass is 9.73. The smallest absolute Gasteiger partial charge is 0.433 e. The molecular weight excluding hydrogens is 523 g/mol. The number of alkyl halides is 3. The van der Waals surface area contributed by atoms with Gasteiger partial charge in [0, 0.05) is 31.9 Å². The molecule has 214 valence electrons. The normalized spacial score (nSPS) is 19.0. The van der Waals surface area contributed by atoms with Crippen molar-refractivity contribution in [2.75, 3.05) is 33.3 Å². The number of benzene rings is 1. The van der Waals surface area contributed by atoms with Gasteiger partial charge in [-0.25, -0.2) is 9.50 Å². The maximum absolute atomic E-state index is 13.7. The van der Waals surface area contributed by atoms with Gasteiger partial charge in [-0.05, 0) is 56.7 Å². The van der Waals surface area contributed by atoms with Gasteiger partial charge in [0.1, 0.15) is 18.1 Å². The number of halogens is 3. The number of hydrogen-bond donors (Lipinski definition) is 0. The number of para-hydroxylation sites is 1. The molecule has 4 heterocycles. The minimum absolute atomic E-state index is 0.0273. The van der Waals surface area contributed by atoms with E-state index in [1.807, 2.05) is 18.2 Å². The molecule has 1 fully saturated rings. The summed E-state index contributed by atoms with van der Waals surface area (Å²) in [5.74, 6) is 0.462. The number of rotatable bonds is 1. The van der Waals surface area contributed by atoms with Gasteiger partial charge >= 0.3 is 6.18 Å². The van der Waals surface area contributed by atoms with E-state index < -0.39 is 23.2 Å². The average molecular weight is 558 g/mol. The van der Waals surface area contributed by atoms with Crippen molar-refractivity contribution >= 4 is 17.5 Å². The summed E-state index contributed by atoms with van der Waals surface area (Å²) in [7, 11) is 1.79. The highest BCUT2D eigenvalue weighted by Gasteiger charge is 2.43. The number of aryl methyl sites for hydroxylation is 2. The van der Waals surface area contributed by atoms with Gasteiger partial charge in [-0.3, -0.25) is 9.59 Å². The molecule has 2 aliphatic rings. The van der Waals surface area contributed by atoms with Crippen LogP contribution in [0.25, 0.3) is 5.65 Å². The fourth-order valence-corrected chi connectivity index (χ4v) is 5.88. The fourth-order valence-electron chi connectivity index (χ4n) is 5.88. The SMILES string of the molecule is Cc1cc(C(F)(F)F)n2nc(C(=O)N3CCC4(CCCCCc5ccccc5OCCN(C)C4=O)CC3)cc2n1. The highest BCUT2D eigenvalue weighted by atomic mass is 19.4. The molecule has 1 saturated heterocycles. The number of amides is 2. The predicted octanol–water partition coefficient (Wildman–Crippen LogP) is 4.93. The van der Waals surface area contributed by atoms with Crippen LogP contribution in [-0.4, -0.2) is 69.5 Å². The number of aromatic nitrogens is 3. The average Bonchev–Trinajstić information content (AvgIpc) is 3.35. The summed E-state index contributed by atoms with van der Waals surface area (Å²) in [5, 5.41) is 3.98. The molecule has 0 saturated carbocycles. The Morgan fingerprint density at radius 3 is 2.52 bits per heavy atom. The third kappa shape index (κ3) is 5.64. The number of fused-ring (bicyclic) bond motifs is 2. The number of piperidine rings is 1. The highest BCUT2D eigenvalue weighted by Crippen LogP contribution is 2.39. The zero-order valence-corrected chi connectivity index (χ0v) is 22.8. The molecule has 2 amide bonds. The zero-order chi connectivity index (χ0) is 28.5. The van der Waals surface area contributed by atoms with Crippen molar-refractivity contribution < 1.29 is 27.5 Å². The summed E-state index contributed by atoms with van der Waals surface area (Å²) in [6, 6.07) is 10.2. The van der Waals surface area contributed by atoms with E-state index in [0.29, 0.717) is 43.6 Å². The molecule has 11 heteroatoms. The summed E-state index contributed by atoms with van der Waals surface area (Å²) < 4.78 is 47.4. The van der Waals surface area contributed by atoms with E-state index in [9.17, 15) is 22.8 Å². The molecule has 2 aliphatic heterocycles. The van der Waals surface area contributed by atoms with Crippen LogP contribution >= 0.6 is 0 Å². The molecule has 1 spiro atoms. The van der Waals surface area contributed by atoms with Crippen molar-refractivity contribution in [1.82, 2.24) is 24.4 Å². The van der Waals surface area contributed by atoms with Gasteiger partial charge in [-0.2, -0.15) is 18.3 Å². The third-order valence-corrected chi connectivity index (χ3v) is 8.13. The quantitative estimate of drug-likeness (QED) is 0.424. The molecule has 5 rings (SSSR count). The number of carbonyl (C=O) groups excluding carboxylic acids is 2. The van der Waals surface area contributed by atoms with E-state index in [0.717, 1.165) is 43.9 Å². The second kappa shape index (κ2) is 11.1. The van der Waals surface area contributed by atoms with Crippen molar-refractivity contribution in [3.05, 3.63) is 59.0 Å². The Balaban J connectivity index is 1.30. The van der Waals surface area contributed by atoms with Crippen LogP contribution in [0, 0.1) is 12.3 Å². The molecular formula is C29H34F3N5O3. The van der Waals surface area contributed by atoms with Crippen LogP contribution < -0.4 is 4.74 Å². The Labute approximate surface area is 231 Å². The van der Waals surface area contributed by atoms with Crippen molar-refractivity contribution in [3.8, 4) is 5.75 Å². The van der Waals surface area contributed by atoms with Gasteiger partial charge in [0.15, 0.2) is 11.3 Å². The van der Waals surface area contributed by atoms with E-state index in [-0.39, 0.29) is 22.9 Å². The number of nitrogens with zero attached hydrogens (tertiary/aromatic N) is 5. The molecule has 1 aromatic carbocycles. The molecule has 0 radical (unpaired) electrons. The van der Waals surface area contributed by atoms with Gasteiger partial charge in [0.25, 0.3) is 5.91 Å². The molecule has 0 atom stereocenters. The van der Waals surface area contributed by atoms with Crippen molar-refractivity contribution in [1.29, 1.82) is 0 Å². The van der Waals surface area contributed by atoms with E-state index in [2.05, 4.69) is 16.1 Å². The maximum Gasteiger partial charge on any atom is 0.433 e. The zero-order valence-electron chi connectivity index (χ0n) is 22.8. The first kappa shape index (κ1) is 27.9. The summed E-state index contributed by atoms with van der Waals surface area (Å²) >= 11 is 0. The lowest BCUT2D eigenvalue weighted by molar-refractivity contribution is -0.144. The van der Waals surface area contributed by atoms with Crippen LogP contribution in [0.15, 0.2) is 36.4 Å². The molecule has 0 N–H and O–H groups in total. The van der Waals surface area contributed by atoms with Crippen LogP contribution in [0.3, 0.4) is 0 Å². The monoisotopic (exact) mass is 557 g/mol. The molecule has 0 bridgehead atoms. The first-order valence-electron chi connectivity index (χ1n) is 13.8. The van der Waals surface area contributed by atoms with E-state index >= 15 is 0 Å². The molecule has 0 aliphatic carbocycles. The molecule has 3 aromatic rings. The number of likely N-dealkylation sites (tertiary alicyclic amines) is 1. The van der Waals surface area contributed by atoms with Crippen LogP contribution in [0.4, 0.5) is 13.2 Å². The summed E-state index contributed by atoms with van der Waals surface area (Å²) in [5.41, 5.74) is -0.315. The maximum atomic E-state index is 13.7. The second-order valence-electron chi connectivity index (χ2n) is 10.9. The molecule has 0 unspecified atom stereocenters. The first-order valence-corrected chi connectivity index (χ1v) is 13.8. The Kier molecular flexibility index (Phi) is 7.74. The second-order valence-corrected chi connectivity index (χ2v) is 10.9. The van der Waals surface area contributed by atoms with Gasteiger partial charge in [-0.1, -0.05) is 31.0 Å². The van der Waals surface area contributed by atoms with Crippen molar-refractivity contribution in [2.24, 2.45) is 5.41 Å². The van der Waals surface area contributed by atoms with Crippen molar-refractivity contribution in [2.45, 2.75) is 58.0 Å². The highest BCUT2D eigenvalue weighted by molar-refractivity contribution is 5.93. The fraction of sp³-hybridized carbons (Fsp3) is 0.517. The lowest BCUT2D eigenvalue weighted by Crippen LogP contribution is -2.51. The molecule has 40 heavy (non-hydrogen) atoms. The Morgan fingerprint density at radius 2 is 1.77 bits per heavy atom. The minimum Gasteiger partial charge on any atom is -0.491 e. The van der Waals surface area contributed by atoms with E-state index in [1.165, 1.54) is 18.6 Å². The van der Waals surface area contributed by atoms with E-state index in [1.54, 1.807) is 16.8 Å². The van der Waals surface area contributed by atoms with Gasteiger partial charge in [0.05, 0.1) is 12.0 Å². The summed E-state index contributed by atoms with van der Waals surface area (Å²) in [4.78, 5) is 34.5. The van der Waals surface area contributed by atoms with Gasteiger partial charge in [0.2, 0.25) is 5.91 Å². The Morgan fingerprint density at radius 1 is 1.02 bits per heavy atom. The molecule has 8 nitrogen and oxygen atoms in total. The van der Waals surface area contributed by atoms with Crippen LogP contribution in [0.2, 0.25) is 0 Å². The largest absolute Gasteiger partial charge is 0.491 e. The van der Waals surface area contributed by atoms with Crippen molar-refractivity contribution in [3.63, 3.8) is 0 Å². The molecule has 2 aromatic heterocycles. The number of ether oxygens (including phenoxy) is 1. The standard InChI is InChI=1S/C29H34F3N5O3/c1-20-18-24(29(30,31)32)37-25(33-20)19-22(34-37)26(38)36-14-12-28(13-15-36)11-7-3-4-8-21-9-5-6-10-23(21)40-17-16-35(2)27(28)39/h5-6,9-10,18-19H,3-4,7-8,11-17H2,1-2H3. The first-order chi connectivity index (χ1) is 19.1. The third-order valence-electron chi connectivity index (χ3n) is 8.13. The van der Waals surface area contributed by atoms with Crippen LogP contribution in [0.1, 0.15) is 66.0 Å². The number of likely N-dealkylation sites (N-methyl/N-ethyl adjacent to an activating group) is 1. The lowest BCUT2D eigenvalue weighted by Gasteiger charge is -2.42. The number of carbonyl (C=O) groups is 2. The van der Waals surface area contributed by atoms with Crippen LogP contribution in [-0.2, 0) is 17.4 Å². The predicted molar refractivity (Wildman–Crippen MR) is 142 cm³/mol. The topological polar surface area (TPSA) is 80.0 Å². The van der Waals surface area contributed by atoms with Gasteiger partial charge < -0.3 is 14.5 Å². The minimum atomic E-state index is -4.64. The summed E-state index contributed by atoms with van der Waals surface area (Å²) in [6.45, 7) is 2.96. The van der Waals surface area contributed by atoms with E-state index in [4.69, 9.17) is 4.74 Å². The number of hydrogen-bond acceptors (Lipinski definition) is 5. The Bertz CT molecular complexity index is 1400. The summed E-state index contributed by atoms with van der Waals surface area (Å²) in [6.07, 6.45) is 0.850. The van der Waals surface area contributed by atoms with Crippen LogP contribution in [0.5, 0.6) is 5.75 Å². The Hall–Kier alpha value is -3.63. The van der Waals surface area contributed by atoms with Gasteiger partial charge in [-0.15, -0.1) is 0 Å².